The van der Waals surface area contributed by atoms with E-state index >= 15 is 0 Å². The molecule has 1 aromatic carbocycles. The van der Waals surface area contributed by atoms with E-state index in [1.807, 2.05) is 13.8 Å². The minimum atomic E-state index is -3.68. The highest BCUT2D eigenvalue weighted by molar-refractivity contribution is 7.89. The van der Waals surface area contributed by atoms with E-state index in [4.69, 9.17) is 0 Å². The zero-order chi connectivity index (χ0) is 18.7. The summed E-state index contributed by atoms with van der Waals surface area (Å²) in [6.45, 7) is 15.7. The maximum Gasteiger partial charge on any atom is 0.254 e. The number of carbonyl (C=O) groups excluding carboxylic acids is 1. The van der Waals surface area contributed by atoms with Gasteiger partial charge in [0.2, 0.25) is 10.0 Å². The van der Waals surface area contributed by atoms with E-state index in [-0.39, 0.29) is 10.8 Å². The normalized spacial score (nSPS) is 12.1. The summed E-state index contributed by atoms with van der Waals surface area (Å²) in [4.78, 5) is 14.5. The summed E-state index contributed by atoms with van der Waals surface area (Å²) < 4.78 is 27.6. The Hall–Kier alpha value is -1.66. The highest BCUT2D eigenvalue weighted by Crippen LogP contribution is 2.19. The standard InChI is InChI=1S/C18H28N2O3S/c1-8-20(12-13(2)3)17(21)16-11-15(10-9-14(16)4)24(22,23)19-18(5,6)7/h9-11,19H,2,8,12H2,1,3-7H3. The van der Waals surface area contributed by atoms with Gasteiger partial charge in [-0.05, 0) is 59.2 Å². The highest BCUT2D eigenvalue weighted by Gasteiger charge is 2.24. The van der Waals surface area contributed by atoms with Gasteiger partial charge in [0.1, 0.15) is 0 Å². The fourth-order valence-electron chi connectivity index (χ4n) is 2.28. The molecule has 1 rings (SSSR count). The van der Waals surface area contributed by atoms with Gasteiger partial charge in [-0.25, -0.2) is 13.1 Å². The van der Waals surface area contributed by atoms with E-state index in [9.17, 15) is 13.2 Å². The summed E-state index contributed by atoms with van der Waals surface area (Å²) in [6.07, 6.45) is 0. The molecule has 24 heavy (non-hydrogen) atoms. The van der Waals surface area contributed by atoms with Crippen molar-refractivity contribution in [1.82, 2.24) is 9.62 Å². The van der Waals surface area contributed by atoms with Crippen LogP contribution in [0.1, 0.15) is 50.5 Å². The molecule has 0 unspecified atom stereocenters. The molecule has 0 aromatic heterocycles. The number of sulfonamides is 1. The second-order valence-corrected chi connectivity index (χ2v) is 8.79. The van der Waals surface area contributed by atoms with Gasteiger partial charge in [0.15, 0.2) is 0 Å². The molecule has 0 bridgehead atoms. The van der Waals surface area contributed by atoms with Gasteiger partial charge in [0.25, 0.3) is 5.91 Å². The number of hydrogen-bond donors (Lipinski definition) is 1. The van der Waals surface area contributed by atoms with Crippen molar-refractivity contribution in [2.24, 2.45) is 0 Å². The number of nitrogens with zero attached hydrogens (tertiary/aromatic N) is 1. The van der Waals surface area contributed by atoms with Gasteiger partial charge in [0, 0.05) is 24.2 Å². The molecule has 0 fully saturated rings. The van der Waals surface area contributed by atoms with Gasteiger partial charge in [-0.2, -0.15) is 0 Å². The SMILES string of the molecule is C=C(C)CN(CC)C(=O)c1cc(S(=O)(=O)NC(C)(C)C)ccc1C. The molecule has 6 heteroatoms. The van der Waals surface area contributed by atoms with Crippen LogP contribution in [0.2, 0.25) is 0 Å². The van der Waals surface area contributed by atoms with Crippen molar-refractivity contribution in [2.75, 3.05) is 13.1 Å². The summed E-state index contributed by atoms with van der Waals surface area (Å²) in [5.41, 5.74) is 1.43. The zero-order valence-corrected chi connectivity index (χ0v) is 16.3. The summed E-state index contributed by atoms with van der Waals surface area (Å²) in [5.74, 6) is -0.189. The molecule has 0 saturated carbocycles. The van der Waals surface area contributed by atoms with E-state index in [1.165, 1.54) is 12.1 Å². The summed E-state index contributed by atoms with van der Waals surface area (Å²) >= 11 is 0. The number of likely N-dealkylation sites (N-methyl/N-ethyl adjacent to an activating group) is 1. The first-order valence-electron chi connectivity index (χ1n) is 7.95. The predicted octanol–water partition coefficient (Wildman–Crippen LogP) is 3.11. The number of aryl methyl sites for hydroxylation is 1. The van der Waals surface area contributed by atoms with E-state index in [0.29, 0.717) is 18.7 Å². The molecule has 0 heterocycles. The summed E-state index contributed by atoms with van der Waals surface area (Å²) in [7, 11) is -3.68. The number of carbonyl (C=O) groups is 1. The van der Waals surface area contributed by atoms with Gasteiger partial charge in [-0.1, -0.05) is 18.2 Å². The van der Waals surface area contributed by atoms with Crippen LogP contribution < -0.4 is 4.72 Å². The quantitative estimate of drug-likeness (QED) is 0.800. The first kappa shape index (κ1) is 20.4. The second-order valence-electron chi connectivity index (χ2n) is 7.11. The average Bonchev–Trinajstić information content (AvgIpc) is 2.41. The van der Waals surface area contributed by atoms with Crippen LogP contribution in [0.4, 0.5) is 0 Å². The van der Waals surface area contributed by atoms with Crippen molar-refractivity contribution in [2.45, 2.75) is 52.0 Å². The Bertz CT molecular complexity index is 731. The van der Waals surface area contributed by atoms with Gasteiger partial charge >= 0.3 is 0 Å². The molecule has 5 nitrogen and oxygen atoms in total. The third-order valence-corrected chi connectivity index (χ3v) is 5.08. The molecule has 0 saturated heterocycles. The van der Waals surface area contributed by atoms with Gasteiger partial charge in [-0.15, -0.1) is 0 Å². The number of hydrogen-bond acceptors (Lipinski definition) is 3. The van der Waals surface area contributed by atoms with Crippen molar-refractivity contribution in [3.8, 4) is 0 Å². The maximum absolute atomic E-state index is 12.8. The van der Waals surface area contributed by atoms with Gasteiger partial charge in [-0.3, -0.25) is 4.79 Å². The second kappa shape index (κ2) is 7.49. The molecule has 0 aliphatic heterocycles. The first-order valence-corrected chi connectivity index (χ1v) is 9.44. The van der Waals surface area contributed by atoms with Crippen molar-refractivity contribution >= 4 is 15.9 Å². The topological polar surface area (TPSA) is 66.5 Å². The molecular formula is C18H28N2O3S. The zero-order valence-electron chi connectivity index (χ0n) is 15.4. The molecule has 1 amide bonds. The minimum Gasteiger partial charge on any atom is -0.335 e. The lowest BCUT2D eigenvalue weighted by Crippen LogP contribution is -2.40. The van der Waals surface area contributed by atoms with Gasteiger partial charge < -0.3 is 4.90 Å². The molecule has 0 radical (unpaired) electrons. The Labute approximate surface area is 145 Å². The van der Waals surface area contributed by atoms with Crippen LogP contribution in [0.25, 0.3) is 0 Å². The lowest BCUT2D eigenvalue weighted by Gasteiger charge is -2.23. The Kier molecular flexibility index (Phi) is 6.36. The third-order valence-electron chi connectivity index (χ3n) is 3.32. The molecule has 1 aromatic rings. The van der Waals surface area contributed by atoms with Crippen LogP contribution in [0.15, 0.2) is 35.2 Å². The van der Waals surface area contributed by atoms with Crippen LogP contribution in [-0.2, 0) is 10.0 Å². The van der Waals surface area contributed by atoms with Crippen LogP contribution in [0.5, 0.6) is 0 Å². The average molecular weight is 353 g/mol. The number of benzene rings is 1. The minimum absolute atomic E-state index is 0.0951. The Balaban J connectivity index is 3.28. The van der Waals surface area contributed by atoms with E-state index < -0.39 is 15.6 Å². The lowest BCUT2D eigenvalue weighted by atomic mass is 10.1. The third kappa shape index (κ3) is 5.46. The van der Waals surface area contributed by atoms with E-state index in [1.54, 1.807) is 38.7 Å². The predicted molar refractivity (Wildman–Crippen MR) is 97.6 cm³/mol. The molecule has 0 atom stereocenters. The first-order chi connectivity index (χ1) is 10.9. The van der Waals surface area contributed by atoms with Crippen LogP contribution in [-0.4, -0.2) is 37.9 Å². The van der Waals surface area contributed by atoms with Crippen molar-refractivity contribution in [3.05, 3.63) is 41.5 Å². The lowest BCUT2D eigenvalue weighted by molar-refractivity contribution is 0.0777. The summed E-state index contributed by atoms with van der Waals surface area (Å²) in [6, 6.07) is 4.64. The van der Waals surface area contributed by atoms with Crippen molar-refractivity contribution < 1.29 is 13.2 Å². The monoisotopic (exact) mass is 352 g/mol. The molecule has 0 spiro atoms. The molecular weight excluding hydrogens is 324 g/mol. The fraction of sp³-hybridized carbons (Fsp3) is 0.500. The van der Waals surface area contributed by atoms with Crippen molar-refractivity contribution in [1.29, 1.82) is 0 Å². The fourth-order valence-corrected chi connectivity index (χ4v) is 3.73. The molecule has 1 N–H and O–H groups in total. The largest absolute Gasteiger partial charge is 0.335 e. The van der Waals surface area contributed by atoms with Crippen molar-refractivity contribution in [3.63, 3.8) is 0 Å². The van der Waals surface area contributed by atoms with Crippen LogP contribution in [0, 0.1) is 6.92 Å². The van der Waals surface area contributed by atoms with Crippen LogP contribution >= 0.6 is 0 Å². The highest BCUT2D eigenvalue weighted by atomic mass is 32.2. The molecule has 0 aliphatic carbocycles. The Morgan fingerprint density at radius 2 is 1.88 bits per heavy atom. The maximum atomic E-state index is 12.8. The smallest absolute Gasteiger partial charge is 0.254 e. The van der Waals surface area contributed by atoms with E-state index in [2.05, 4.69) is 11.3 Å². The molecule has 0 aliphatic rings. The summed E-state index contributed by atoms with van der Waals surface area (Å²) in [5, 5.41) is 0. The number of nitrogens with one attached hydrogen (secondary N) is 1. The van der Waals surface area contributed by atoms with Gasteiger partial charge in [0.05, 0.1) is 4.90 Å². The number of amides is 1. The Morgan fingerprint density at radius 1 is 1.29 bits per heavy atom. The van der Waals surface area contributed by atoms with Crippen LogP contribution in [0.3, 0.4) is 0 Å². The Morgan fingerprint density at radius 3 is 2.33 bits per heavy atom. The number of rotatable bonds is 6. The molecule has 134 valence electrons. The van der Waals surface area contributed by atoms with E-state index in [0.717, 1.165) is 11.1 Å².